The standard InChI is InChI=1S/C16H22N2O2/c1-13-12-17(2)9-10-18(13)16(19)8-7-14-5-4-6-15(11-14)20-3/h4-8,11,13H,9-10,12H2,1-3H3. The molecule has 1 aliphatic rings. The Morgan fingerprint density at radius 2 is 2.20 bits per heavy atom. The molecule has 1 fully saturated rings. The van der Waals surface area contributed by atoms with Crippen molar-refractivity contribution in [3.63, 3.8) is 0 Å². The van der Waals surface area contributed by atoms with Crippen molar-refractivity contribution in [2.45, 2.75) is 13.0 Å². The molecule has 0 saturated carbocycles. The number of amides is 1. The molecule has 1 amide bonds. The van der Waals surface area contributed by atoms with E-state index in [4.69, 9.17) is 4.74 Å². The summed E-state index contributed by atoms with van der Waals surface area (Å²) in [4.78, 5) is 16.4. The van der Waals surface area contributed by atoms with Crippen LogP contribution in [0.5, 0.6) is 5.75 Å². The second-order valence-electron chi connectivity index (χ2n) is 5.25. The van der Waals surface area contributed by atoms with Crippen LogP contribution in [0.1, 0.15) is 12.5 Å². The number of nitrogens with zero attached hydrogens (tertiary/aromatic N) is 2. The van der Waals surface area contributed by atoms with E-state index in [0.717, 1.165) is 30.9 Å². The Hall–Kier alpha value is -1.81. The third-order valence-electron chi connectivity index (χ3n) is 3.63. The molecule has 1 aliphatic heterocycles. The third-order valence-corrected chi connectivity index (χ3v) is 3.63. The largest absolute Gasteiger partial charge is 0.497 e. The molecule has 0 bridgehead atoms. The van der Waals surface area contributed by atoms with E-state index < -0.39 is 0 Å². The minimum absolute atomic E-state index is 0.0772. The highest BCUT2D eigenvalue weighted by molar-refractivity contribution is 5.92. The summed E-state index contributed by atoms with van der Waals surface area (Å²) in [5.74, 6) is 0.876. The fourth-order valence-electron chi connectivity index (χ4n) is 2.48. The van der Waals surface area contributed by atoms with Gasteiger partial charge in [-0.15, -0.1) is 0 Å². The summed E-state index contributed by atoms with van der Waals surface area (Å²) in [7, 11) is 3.73. The normalized spacial score (nSPS) is 20.4. The minimum atomic E-state index is 0.0772. The summed E-state index contributed by atoms with van der Waals surface area (Å²) < 4.78 is 5.17. The molecule has 1 unspecified atom stereocenters. The van der Waals surface area contributed by atoms with E-state index in [1.165, 1.54) is 0 Å². The molecule has 0 aromatic heterocycles. The molecule has 0 aliphatic carbocycles. The van der Waals surface area contributed by atoms with Gasteiger partial charge < -0.3 is 14.5 Å². The molecule has 0 radical (unpaired) electrons. The van der Waals surface area contributed by atoms with E-state index >= 15 is 0 Å². The fraction of sp³-hybridized carbons (Fsp3) is 0.438. The molecule has 0 N–H and O–H groups in total. The second-order valence-corrected chi connectivity index (χ2v) is 5.25. The summed E-state index contributed by atoms with van der Waals surface area (Å²) >= 11 is 0. The lowest BCUT2D eigenvalue weighted by Crippen LogP contribution is -2.52. The maximum Gasteiger partial charge on any atom is 0.246 e. The molecular formula is C16H22N2O2. The highest BCUT2D eigenvalue weighted by Gasteiger charge is 2.23. The van der Waals surface area contributed by atoms with Crippen molar-refractivity contribution < 1.29 is 9.53 Å². The molecule has 1 saturated heterocycles. The molecule has 4 heteroatoms. The first-order valence-corrected chi connectivity index (χ1v) is 6.91. The van der Waals surface area contributed by atoms with Crippen LogP contribution in [-0.4, -0.2) is 55.5 Å². The van der Waals surface area contributed by atoms with Gasteiger partial charge in [-0.2, -0.15) is 0 Å². The first-order chi connectivity index (χ1) is 9.60. The van der Waals surface area contributed by atoms with Gasteiger partial charge in [-0.3, -0.25) is 4.79 Å². The number of carbonyl (C=O) groups is 1. The lowest BCUT2D eigenvalue weighted by Gasteiger charge is -2.37. The smallest absolute Gasteiger partial charge is 0.246 e. The lowest BCUT2D eigenvalue weighted by molar-refractivity contribution is -0.130. The first-order valence-electron chi connectivity index (χ1n) is 6.91. The van der Waals surface area contributed by atoms with Gasteiger partial charge >= 0.3 is 0 Å². The van der Waals surface area contributed by atoms with Gasteiger partial charge in [0.25, 0.3) is 0 Å². The summed E-state index contributed by atoms with van der Waals surface area (Å²) in [6.07, 6.45) is 3.49. The van der Waals surface area contributed by atoms with Crippen LogP contribution >= 0.6 is 0 Å². The molecular weight excluding hydrogens is 252 g/mol. The van der Waals surface area contributed by atoms with Crippen LogP contribution in [0.4, 0.5) is 0 Å². The Morgan fingerprint density at radius 3 is 2.90 bits per heavy atom. The zero-order valence-electron chi connectivity index (χ0n) is 12.4. The van der Waals surface area contributed by atoms with E-state index in [1.807, 2.05) is 35.2 Å². The Bertz CT molecular complexity index is 499. The average molecular weight is 274 g/mol. The topological polar surface area (TPSA) is 32.8 Å². The predicted octanol–water partition coefficient (Wildman–Crippen LogP) is 1.87. The van der Waals surface area contributed by atoms with Crippen LogP contribution < -0.4 is 4.74 Å². The number of benzene rings is 1. The van der Waals surface area contributed by atoms with Crippen LogP contribution in [0.25, 0.3) is 6.08 Å². The zero-order chi connectivity index (χ0) is 14.5. The van der Waals surface area contributed by atoms with E-state index in [2.05, 4.69) is 18.9 Å². The highest BCUT2D eigenvalue weighted by atomic mass is 16.5. The third kappa shape index (κ3) is 3.61. The summed E-state index contributed by atoms with van der Waals surface area (Å²) in [6, 6.07) is 7.94. The van der Waals surface area contributed by atoms with Gasteiger partial charge in [0.1, 0.15) is 5.75 Å². The highest BCUT2D eigenvalue weighted by Crippen LogP contribution is 2.14. The van der Waals surface area contributed by atoms with Gasteiger partial charge in [-0.25, -0.2) is 0 Å². The van der Waals surface area contributed by atoms with E-state index in [0.29, 0.717) is 0 Å². The van der Waals surface area contributed by atoms with Gasteiger partial charge in [-0.1, -0.05) is 12.1 Å². The predicted molar refractivity (Wildman–Crippen MR) is 80.7 cm³/mol. The van der Waals surface area contributed by atoms with Crippen LogP contribution in [0, 0.1) is 0 Å². The van der Waals surface area contributed by atoms with Crippen molar-refractivity contribution in [3.05, 3.63) is 35.9 Å². The number of likely N-dealkylation sites (N-methyl/N-ethyl adjacent to an activating group) is 1. The molecule has 4 nitrogen and oxygen atoms in total. The van der Waals surface area contributed by atoms with Crippen LogP contribution in [0.3, 0.4) is 0 Å². The maximum atomic E-state index is 12.2. The SMILES string of the molecule is COc1cccc(C=CC(=O)N2CCN(C)CC2C)c1. The molecule has 0 spiro atoms. The maximum absolute atomic E-state index is 12.2. The van der Waals surface area contributed by atoms with Crippen LogP contribution in [0.15, 0.2) is 30.3 Å². The minimum Gasteiger partial charge on any atom is -0.497 e. The Labute approximate surface area is 120 Å². The monoisotopic (exact) mass is 274 g/mol. The number of carbonyl (C=O) groups excluding carboxylic acids is 1. The molecule has 20 heavy (non-hydrogen) atoms. The quantitative estimate of drug-likeness (QED) is 0.789. The van der Waals surface area contributed by atoms with Gasteiger partial charge in [0.15, 0.2) is 0 Å². The number of ether oxygens (including phenoxy) is 1. The molecule has 108 valence electrons. The van der Waals surface area contributed by atoms with Crippen molar-refractivity contribution in [2.24, 2.45) is 0 Å². The molecule has 2 rings (SSSR count). The van der Waals surface area contributed by atoms with Crippen molar-refractivity contribution >= 4 is 12.0 Å². The summed E-state index contributed by atoms with van der Waals surface area (Å²) in [5, 5.41) is 0. The molecule has 1 aromatic carbocycles. The van der Waals surface area contributed by atoms with Gasteiger partial charge in [0.05, 0.1) is 7.11 Å². The fourth-order valence-corrected chi connectivity index (χ4v) is 2.48. The zero-order valence-corrected chi connectivity index (χ0v) is 12.4. The number of piperazine rings is 1. The van der Waals surface area contributed by atoms with Gasteiger partial charge in [0.2, 0.25) is 5.91 Å². The number of hydrogen-bond acceptors (Lipinski definition) is 3. The van der Waals surface area contributed by atoms with Crippen molar-refractivity contribution in [2.75, 3.05) is 33.8 Å². The van der Waals surface area contributed by atoms with Gasteiger partial charge in [-0.05, 0) is 37.7 Å². The molecule has 1 heterocycles. The van der Waals surface area contributed by atoms with Gasteiger partial charge in [0, 0.05) is 31.8 Å². The van der Waals surface area contributed by atoms with Crippen LogP contribution in [-0.2, 0) is 4.79 Å². The molecule has 1 atom stereocenters. The Kier molecular flexibility index (Phi) is 4.79. The average Bonchev–Trinajstić information content (AvgIpc) is 2.45. The summed E-state index contributed by atoms with van der Waals surface area (Å²) in [6.45, 7) is 4.74. The summed E-state index contributed by atoms with van der Waals surface area (Å²) in [5.41, 5.74) is 0.972. The van der Waals surface area contributed by atoms with Crippen molar-refractivity contribution in [1.82, 2.24) is 9.80 Å². The van der Waals surface area contributed by atoms with E-state index in [9.17, 15) is 4.79 Å². The Morgan fingerprint density at radius 1 is 1.40 bits per heavy atom. The second kappa shape index (κ2) is 6.57. The number of hydrogen-bond donors (Lipinski definition) is 0. The first kappa shape index (κ1) is 14.6. The number of methoxy groups -OCH3 is 1. The molecule has 1 aromatic rings. The van der Waals surface area contributed by atoms with E-state index in [-0.39, 0.29) is 11.9 Å². The number of rotatable bonds is 3. The van der Waals surface area contributed by atoms with Crippen molar-refractivity contribution in [3.8, 4) is 5.75 Å². The van der Waals surface area contributed by atoms with E-state index in [1.54, 1.807) is 13.2 Å². The lowest BCUT2D eigenvalue weighted by atomic mass is 10.1. The van der Waals surface area contributed by atoms with Crippen LogP contribution in [0.2, 0.25) is 0 Å². The van der Waals surface area contributed by atoms with Crippen molar-refractivity contribution in [1.29, 1.82) is 0 Å². The Balaban J connectivity index is 2.01.